The number of halogens is 2. The second kappa shape index (κ2) is 8.82. The SMILES string of the molecule is CN(C)CCCNC(=O)c1ccnc(Nc2ccc(Cl)cc2Cl)n1. The summed E-state index contributed by atoms with van der Waals surface area (Å²) in [6, 6.07) is 6.61. The van der Waals surface area contributed by atoms with Crippen molar-refractivity contribution in [2.75, 3.05) is 32.5 Å². The Morgan fingerprint density at radius 1 is 1.25 bits per heavy atom. The van der Waals surface area contributed by atoms with Crippen LogP contribution in [0.25, 0.3) is 0 Å². The summed E-state index contributed by atoms with van der Waals surface area (Å²) in [6.07, 6.45) is 2.39. The van der Waals surface area contributed by atoms with E-state index < -0.39 is 0 Å². The summed E-state index contributed by atoms with van der Waals surface area (Å²) in [4.78, 5) is 22.5. The van der Waals surface area contributed by atoms with Crippen molar-refractivity contribution < 1.29 is 4.79 Å². The predicted octanol–water partition coefficient (Wildman–Crippen LogP) is 3.21. The van der Waals surface area contributed by atoms with Crippen molar-refractivity contribution >= 4 is 40.7 Å². The minimum Gasteiger partial charge on any atom is -0.351 e. The van der Waals surface area contributed by atoms with Crippen molar-refractivity contribution in [2.24, 2.45) is 0 Å². The van der Waals surface area contributed by atoms with Crippen molar-refractivity contribution in [2.45, 2.75) is 6.42 Å². The Labute approximate surface area is 151 Å². The summed E-state index contributed by atoms with van der Waals surface area (Å²) in [5.41, 5.74) is 0.909. The van der Waals surface area contributed by atoms with Gasteiger partial charge in [0.25, 0.3) is 5.91 Å². The van der Waals surface area contributed by atoms with Crippen molar-refractivity contribution in [1.82, 2.24) is 20.2 Å². The molecular formula is C16H19Cl2N5O. The van der Waals surface area contributed by atoms with E-state index in [2.05, 4.69) is 25.5 Å². The molecule has 0 spiro atoms. The second-order valence-electron chi connectivity index (χ2n) is 5.43. The van der Waals surface area contributed by atoms with Crippen molar-refractivity contribution in [3.63, 3.8) is 0 Å². The van der Waals surface area contributed by atoms with Crippen LogP contribution in [0.3, 0.4) is 0 Å². The number of benzene rings is 1. The maximum absolute atomic E-state index is 12.1. The molecule has 6 nitrogen and oxygen atoms in total. The van der Waals surface area contributed by atoms with Gasteiger partial charge in [-0.25, -0.2) is 9.97 Å². The molecular weight excluding hydrogens is 349 g/mol. The summed E-state index contributed by atoms with van der Waals surface area (Å²) in [5.74, 6) is 0.0570. The Morgan fingerprint density at radius 3 is 2.75 bits per heavy atom. The van der Waals surface area contributed by atoms with Gasteiger partial charge in [0.1, 0.15) is 5.69 Å². The van der Waals surface area contributed by atoms with E-state index in [1.54, 1.807) is 24.3 Å². The molecule has 0 unspecified atom stereocenters. The van der Waals surface area contributed by atoms with Crippen LogP contribution in [-0.4, -0.2) is 48.0 Å². The van der Waals surface area contributed by atoms with Gasteiger partial charge in [-0.3, -0.25) is 4.79 Å². The molecule has 0 saturated carbocycles. The fourth-order valence-electron chi connectivity index (χ4n) is 1.94. The number of amides is 1. The molecule has 2 rings (SSSR count). The van der Waals surface area contributed by atoms with Gasteiger partial charge in [0, 0.05) is 17.8 Å². The summed E-state index contributed by atoms with van der Waals surface area (Å²) in [6.45, 7) is 1.50. The lowest BCUT2D eigenvalue weighted by molar-refractivity contribution is 0.0947. The molecule has 0 fully saturated rings. The van der Waals surface area contributed by atoms with Crippen LogP contribution in [0.5, 0.6) is 0 Å². The van der Waals surface area contributed by atoms with Crippen molar-refractivity contribution in [1.29, 1.82) is 0 Å². The fraction of sp³-hybridized carbons (Fsp3) is 0.312. The third-order valence-electron chi connectivity index (χ3n) is 3.13. The van der Waals surface area contributed by atoms with E-state index in [1.807, 2.05) is 14.1 Å². The molecule has 0 aliphatic carbocycles. The minimum atomic E-state index is -0.235. The van der Waals surface area contributed by atoms with E-state index in [0.29, 0.717) is 33.9 Å². The number of anilines is 2. The molecule has 2 N–H and O–H groups in total. The zero-order valence-electron chi connectivity index (χ0n) is 13.5. The van der Waals surface area contributed by atoms with Crippen LogP contribution in [0.2, 0.25) is 10.0 Å². The van der Waals surface area contributed by atoms with E-state index >= 15 is 0 Å². The summed E-state index contributed by atoms with van der Waals surface area (Å²) in [7, 11) is 3.98. The number of rotatable bonds is 7. The van der Waals surface area contributed by atoms with Crippen LogP contribution < -0.4 is 10.6 Å². The lowest BCUT2D eigenvalue weighted by Gasteiger charge is -2.10. The molecule has 0 atom stereocenters. The topological polar surface area (TPSA) is 70.2 Å². The van der Waals surface area contributed by atoms with Gasteiger partial charge in [0.15, 0.2) is 0 Å². The number of nitrogens with zero attached hydrogens (tertiary/aromatic N) is 3. The van der Waals surface area contributed by atoms with Crippen molar-refractivity contribution in [3.8, 4) is 0 Å². The maximum atomic E-state index is 12.1. The van der Waals surface area contributed by atoms with Crippen molar-refractivity contribution in [3.05, 3.63) is 46.2 Å². The van der Waals surface area contributed by atoms with E-state index in [4.69, 9.17) is 23.2 Å². The highest BCUT2D eigenvalue weighted by Gasteiger charge is 2.09. The van der Waals surface area contributed by atoms with Gasteiger partial charge in [-0.05, 0) is 51.3 Å². The first kappa shape index (κ1) is 18.4. The quantitative estimate of drug-likeness (QED) is 0.735. The fourth-order valence-corrected chi connectivity index (χ4v) is 2.40. The molecule has 0 saturated heterocycles. The highest BCUT2D eigenvalue weighted by atomic mass is 35.5. The molecule has 1 aromatic carbocycles. The van der Waals surface area contributed by atoms with Gasteiger partial charge >= 0.3 is 0 Å². The molecule has 0 bridgehead atoms. The number of carbonyl (C=O) groups excluding carboxylic acids is 1. The number of carbonyl (C=O) groups is 1. The predicted molar refractivity (Wildman–Crippen MR) is 97.3 cm³/mol. The summed E-state index contributed by atoms with van der Waals surface area (Å²) >= 11 is 12.0. The largest absolute Gasteiger partial charge is 0.351 e. The Morgan fingerprint density at radius 2 is 2.04 bits per heavy atom. The molecule has 2 aromatic rings. The Balaban J connectivity index is 1.99. The Kier molecular flexibility index (Phi) is 6.78. The lowest BCUT2D eigenvalue weighted by atomic mass is 10.3. The number of aromatic nitrogens is 2. The third kappa shape index (κ3) is 5.63. The first-order valence-corrected chi connectivity index (χ1v) is 8.19. The zero-order valence-corrected chi connectivity index (χ0v) is 15.0. The van der Waals surface area contributed by atoms with Crippen LogP contribution in [0.1, 0.15) is 16.9 Å². The molecule has 1 amide bonds. The molecule has 8 heteroatoms. The van der Waals surface area contributed by atoms with Gasteiger partial charge in [0.05, 0.1) is 10.7 Å². The monoisotopic (exact) mass is 367 g/mol. The second-order valence-corrected chi connectivity index (χ2v) is 6.27. The van der Waals surface area contributed by atoms with Gasteiger partial charge in [-0.1, -0.05) is 23.2 Å². The number of nitrogens with one attached hydrogen (secondary N) is 2. The molecule has 0 aliphatic rings. The van der Waals surface area contributed by atoms with E-state index in [1.165, 1.54) is 6.20 Å². The van der Waals surface area contributed by atoms with Crippen LogP contribution >= 0.6 is 23.2 Å². The first-order chi connectivity index (χ1) is 11.5. The molecule has 0 aliphatic heterocycles. The maximum Gasteiger partial charge on any atom is 0.270 e. The Hall–Kier alpha value is -1.89. The highest BCUT2D eigenvalue weighted by molar-refractivity contribution is 6.36. The van der Waals surface area contributed by atoms with E-state index in [-0.39, 0.29) is 5.91 Å². The molecule has 1 aromatic heterocycles. The van der Waals surface area contributed by atoms with E-state index in [9.17, 15) is 4.79 Å². The zero-order chi connectivity index (χ0) is 17.5. The average Bonchev–Trinajstić information content (AvgIpc) is 2.54. The Bertz CT molecular complexity index is 709. The molecule has 1 heterocycles. The van der Waals surface area contributed by atoms with Gasteiger partial charge in [-0.15, -0.1) is 0 Å². The van der Waals surface area contributed by atoms with E-state index in [0.717, 1.165) is 13.0 Å². The summed E-state index contributed by atoms with van der Waals surface area (Å²) in [5, 5.41) is 6.80. The molecule has 0 radical (unpaired) electrons. The smallest absolute Gasteiger partial charge is 0.270 e. The average molecular weight is 368 g/mol. The van der Waals surface area contributed by atoms with Crippen LogP contribution in [0.4, 0.5) is 11.6 Å². The van der Waals surface area contributed by atoms with Crippen LogP contribution in [0, 0.1) is 0 Å². The third-order valence-corrected chi connectivity index (χ3v) is 3.68. The minimum absolute atomic E-state index is 0.235. The van der Waals surface area contributed by atoms with Crippen LogP contribution in [-0.2, 0) is 0 Å². The van der Waals surface area contributed by atoms with Gasteiger partial charge < -0.3 is 15.5 Å². The number of hydrogen-bond acceptors (Lipinski definition) is 5. The van der Waals surface area contributed by atoms with Gasteiger partial charge in [-0.2, -0.15) is 0 Å². The summed E-state index contributed by atoms with van der Waals surface area (Å²) < 4.78 is 0. The molecule has 24 heavy (non-hydrogen) atoms. The first-order valence-electron chi connectivity index (χ1n) is 7.44. The number of hydrogen-bond donors (Lipinski definition) is 2. The van der Waals surface area contributed by atoms with Crippen LogP contribution in [0.15, 0.2) is 30.5 Å². The van der Waals surface area contributed by atoms with Gasteiger partial charge in [0.2, 0.25) is 5.95 Å². The molecule has 128 valence electrons. The standard InChI is InChI=1S/C16H19Cl2N5O/c1-23(2)9-3-7-19-15(24)14-6-8-20-16(22-14)21-13-5-4-11(17)10-12(13)18/h4-6,8,10H,3,7,9H2,1-2H3,(H,19,24)(H,20,21,22). The lowest BCUT2D eigenvalue weighted by Crippen LogP contribution is -2.28. The normalized spacial score (nSPS) is 10.7. The highest BCUT2D eigenvalue weighted by Crippen LogP contribution is 2.27.